The topological polar surface area (TPSA) is 107 Å². The Bertz CT molecular complexity index is 7890. The number of aryl methyl sites for hydroxylation is 2. The molecule has 8 nitrogen and oxygen atoms in total. The third-order valence-electron chi connectivity index (χ3n) is 22.5. The summed E-state index contributed by atoms with van der Waals surface area (Å²) < 4.78 is 92.8. The van der Waals surface area contributed by atoms with Gasteiger partial charge in [-0.2, -0.15) is 0 Å². The molecule has 0 bridgehead atoms. The van der Waals surface area contributed by atoms with Gasteiger partial charge in [0.15, 0.2) is 0 Å². The molecule has 20 aromatic rings. The summed E-state index contributed by atoms with van der Waals surface area (Å²) in [4.78, 5) is 0.346. The first-order valence-electron chi connectivity index (χ1n) is 43.4. The van der Waals surface area contributed by atoms with Crippen molar-refractivity contribution >= 4 is 343 Å². The van der Waals surface area contributed by atoms with Crippen LogP contribution in [-0.2, 0) is 38.3 Å². The minimum Gasteiger partial charge on any atom is -0.397 e. The second-order valence-corrected chi connectivity index (χ2v) is 54.1. The van der Waals surface area contributed by atoms with E-state index in [-0.39, 0.29) is 21.4 Å². The average Bonchev–Trinajstić information content (AvgIpc) is 1.53. The minimum absolute atomic E-state index is 0.143. The van der Waals surface area contributed by atoms with Gasteiger partial charge < -0.3 is 14.9 Å². The average molecular weight is 2880 g/mol. The molecule has 21 rings (SSSR count). The lowest BCUT2D eigenvalue weighted by atomic mass is 10.0. The number of hydrogen-bond acceptors (Lipinski definition) is 5. The van der Waals surface area contributed by atoms with Crippen LogP contribution in [-0.4, -0.2) is 32.7 Å². The molecule has 0 amide bonds. The molecular formula is C113H80Br12Cl3F2IN4O4S2Si. The lowest BCUT2D eigenvalue weighted by Crippen LogP contribution is -2.48. The maximum Gasteiger partial charge on any atom is 0.310 e. The Morgan fingerprint density at radius 3 is 1.02 bits per heavy atom. The lowest BCUT2D eigenvalue weighted by Gasteiger charge is -2.28. The lowest BCUT2D eigenvalue weighted by molar-refractivity contribution is 0.595. The van der Waals surface area contributed by atoms with Gasteiger partial charge in [0, 0.05) is 114 Å². The number of nitrogen functional groups attached to an aromatic ring is 1. The molecule has 2 heterocycles. The summed E-state index contributed by atoms with van der Waals surface area (Å²) in [6.45, 7) is 1.30. The Kier molecular flexibility index (Phi) is 39.5. The van der Waals surface area contributed by atoms with Crippen LogP contribution in [0.3, 0.4) is 0 Å². The second kappa shape index (κ2) is 50.9. The maximum absolute atomic E-state index is 14.2. The van der Waals surface area contributed by atoms with Crippen LogP contribution in [0.1, 0.15) is 44.5 Å². The van der Waals surface area contributed by atoms with Gasteiger partial charge in [0.25, 0.3) is 19.1 Å². The third-order valence-corrected chi connectivity index (χ3v) is 40.3. The predicted octanol–water partition coefficient (Wildman–Crippen LogP) is 38.2. The maximum atomic E-state index is 14.2. The number of hydrogen-bond donors (Lipinski definition) is 1. The Morgan fingerprint density at radius 2 is 0.655 bits per heavy atom. The Morgan fingerprint density at radius 1 is 0.345 bits per heavy atom. The van der Waals surface area contributed by atoms with Crippen LogP contribution in [0, 0.1) is 29.1 Å². The summed E-state index contributed by atoms with van der Waals surface area (Å²) in [5, 5.41) is 6.90. The van der Waals surface area contributed by atoms with Gasteiger partial charge >= 0.3 is 6.69 Å². The number of nitrogens with two attached hydrogens (primary N) is 1. The zero-order valence-corrected chi connectivity index (χ0v) is 101. The van der Waals surface area contributed by atoms with Gasteiger partial charge in [-0.05, 0) is 327 Å². The summed E-state index contributed by atoms with van der Waals surface area (Å²) >= 11 is 57.6. The number of benzene rings is 18. The van der Waals surface area contributed by atoms with E-state index in [1.54, 1.807) is 42.5 Å². The number of anilines is 3. The molecule has 0 fully saturated rings. The zero-order valence-electron chi connectivity index (χ0n) is 74.9. The molecule has 1 aliphatic rings. The van der Waals surface area contributed by atoms with Gasteiger partial charge in [-0.25, -0.2) is 29.9 Å². The number of fused-ring (bicyclic) bond motifs is 9. The van der Waals surface area contributed by atoms with Crippen molar-refractivity contribution in [1.29, 1.82) is 0 Å². The number of aromatic nitrogens is 2. The first-order chi connectivity index (χ1) is 68.0. The molecule has 2 aromatic heterocycles. The van der Waals surface area contributed by atoms with Crippen molar-refractivity contribution in [2.75, 3.05) is 10.0 Å². The molecule has 718 valence electrons. The molecular weight excluding hydrogens is 2800 g/mol. The SMILES string of the molecule is Brc1ccccc1Cc1c(Br)cc(-n2c3ccccc3c3ccccc32)cc1Br.Brc1ccccc1I.Cc1ccc(S(=O)(=O)Cl)cc1.Cc1ccc(S(=O)(=O)N(c2ccccc2Br)c2c(Br)cc(-n3c4ccccc4c4ccccc43)cc2Br)cc1.Cl[Si](Cl)(c1ccccc1)c1ccccc1.Fc1cc(Br)c(Cc2ccccc2Br)c(Br)c1.Nc1c(Br)cc(F)cc1Br.c1ccc2c(c1)Cc1ccccc1-2. The molecule has 0 spiro atoms. The monoisotopic (exact) mass is 2870 g/mol. The number of nitrogens with zero attached hydrogens (tertiary/aromatic N) is 3. The van der Waals surface area contributed by atoms with Crippen LogP contribution in [0.15, 0.2) is 464 Å². The standard InChI is InChI=1S/C31H21Br3N2O2S.C25H16Br3N.C13H8Br3F.C13H10.C12H10Cl2Si.C7H7ClO2S.C6H4Br2FN.C6H4BrI/c1-20-14-16-22(17-15-20)39(37,38)36(30-13-7-4-10-25(30)32)31-26(33)18-21(19-27(31)34)35-28-11-5-2-8-23(28)24-9-3-6-12-29(24)35;26-21-10-4-1-7-16(21)13-20-22(27)14-17(15-23(20)28)29-24-11-5-2-8-18(24)19-9-3-6-12-25(19)29;14-11-4-2-1-3-8(11)5-10-12(15)6-9(17)7-13(10)16;1-3-7-12-10(5-1)9-11-6-2-4-8-13(11)12;13-15(14,11-7-3-1-4-8-11)12-9-5-2-6-10-12;1-6-2-4-7(5-3-6)11(8,9)10;7-4-1-3(9)2-5(8)6(4)10;7-5-3-1-2-4-6(5)8/h2-19H,1H3;1-12,14-15H,13H2;1-4,6-7H,5H2;1-8H,9H2;1-10H;2-5H,1H3;1-2H,10H2;1-4H. The van der Waals surface area contributed by atoms with Crippen molar-refractivity contribution in [3.8, 4) is 22.5 Å². The van der Waals surface area contributed by atoms with Gasteiger partial charge in [-0.15, -0.1) is 22.2 Å². The van der Waals surface area contributed by atoms with E-state index in [0.717, 1.165) is 106 Å². The largest absolute Gasteiger partial charge is 0.397 e. The highest BCUT2D eigenvalue weighted by atomic mass is 127. The number of sulfonamides is 1. The van der Waals surface area contributed by atoms with Crippen molar-refractivity contribution in [2.45, 2.75) is 42.9 Å². The van der Waals surface area contributed by atoms with E-state index in [9.17, 15) is 25.6 Å². The van der Waals surface area contributed by atoms with Gasteiger partial charge in [0.1, 0.15) is 11.6 Å². The molecule has 18 aromatic carbocycles. The van der Waals surface area contributed by atoms with E-state index >= 15 is 0 Å². The van der Waals surface area contributed by atoms with Crippen LogP contribution in [0.25, 0.3) is 66.1 Å². The summed E-state index contributed by atoms with van der Waals surface area (Å²) in [5.74, 6) is -0.562. The van der Waals surface area contributed by atoms with Crippen LogP contribution >= 0.6 is 247 Å². The van der Waals surface area contributed by atoms with Crippen molar-refractivity contribution in [3.05, 3.63) is 514 Å². The molecule has 0 saturated carbocycles. The molecule has 0 radical (unpaired) electrons. The first-order valence-corrected chi connectivity index (χ1v) is 61.8. The highest BCUT2D eigenvalue weighted by Gasteiger charge is 2.35. The summed E-state index contributed by atoms with van der Waals surface area (Å²) in [6.07, 6.45) is 2.69. The summed E-state index contributed by atoms with van der Waals surface area (Å²) in [7, 11) is -2.46. The van der Waals surface area contributed by atoms with Gasteiger partial charge in [0.05, 0.1) is 48.9 Å². The third kappa shape index (κ3) is 27.5. The molecule has 1 aliphatic carbocycles. The number of para-hydroxylation sites is 5. The van der Waals surface area contributed by atoms with Crippen LogP contribution in [0.5, 0.6) is 0 Å². The fourth-order valence-corrected chi connectivity index (χ4v) is 28.8. The molecule has 0 unspecified atom stereocenters. The highest BCUT2D eigenvalue weighted by Crippen LogP contribution is 2.48. The summed E-state index contributed by atoms with van der Waals surface area (Å²) in [5.41, 5.74) is 26.0. The molecule has 0 saturated heterocycles. The van der Waals surface area contributed by atoms with Crippen molar-refractivity contribution in [3.63, 3.8) is 0 Å². The van der Waals surface area contributed by atoms with E-state index in [2.05, 4.69) is 381 Å². The quantitative estimate of drug-likeness (QED) is 0.0407. The predicted molar refractivity (Wildman–Crippen MR) is 644 cm³/mol. The molecule has 2 N–H and O–H groups in total. The fraction of sp³-hybridized carbons (Fsp3) is 0.0442. The van der Waals surface area contributed by atoms with Crippen LogP contribution in [0.4, 0.5) is 25.8 Å². The van der Waals surface area contributed by atoms with E-state index in [0.29, 0.717) is 39.4 Å². The van der Waals surface area contributed by atoms with E-state index in [1.165, 1.54) is 109 Å². The van der Waals surface area contributed by atoms with Crippen LogP contribution in [0.2, 0.25) is 0 Å². The Balaban J connectivity index is 0.000000137. The van der Waals surface area contributed by atoms with Crippen molar-refractivity contribution in [1.82, 2.24) is 9.13 Å². The first kappa shape index (κ1) is 110. The van der Waals surface area contributed by atoms with E-state index in [1.807, 2.05) is 178 Å². The molecule has 142 heavy (non-hydrogen) atoms. The molecule has 0 atom stereocenters. The van der Waals surface area contributed by atoms with Gasteiger partial charge in [-0.1, -0.05) is 374 Å². The smallest absolute Gasteiger partial charge is 0.310 e. The normalized spacial score (nSPS) is 11.3. The Hall–Kier alpha value is -7.50. The van der Waals surface area contributed by atoms with Crippen LogP contribution < -0.4 is 20.4 Å². The Labute approximate surface area is 954 Å². The molecule has 0 aliphatic heterocycles. The minimum atomic E-state index is -3.99. The number of rotatable bonds is 13. The zero-order chi connectivity index (χ0) is 101. The second-order valence-electron chi connectivity index (χ2n) is 32.0. The number of halogens is 18. The summed E-state index contributed by atoms with van der Waals surface area (Å²) in [6, 6.07) is 130. The van der Waals surface area contributed by atoms with Gasteiger partial charge in [0.2, 0.25) is 0 Å². The van der Waals surface area contributed by atoms with E-state index < -0.39 is 25.8 Å². The highest BCUT2D eigenvalue weighted by molar-refractivity contribution is 14.1. The van der Waals surface area contributed by atoms with Gasteiger partial charge in [-0.3, -0.25) is 0 Å². The van der Waals surface area contributed by atoms with Crippen molar-refractivity contribution < 1.29 is 25.6 Å². The van der Waals surface area contributed by atoms with E-state index in [4.69, 9.17) is 38.6 Å². The van der Waals surface area contributed by atoms with Crippen molar-refractivity contribution in [2.24, 2.45) is 0 Å². The fourth-order valence-electron chi connectivity index (χ4n) is 15.6. The molecule has 29 heteroatoms.